The van der Waals surface area contributed by atoms with Crippen LogP contribution < -0.4 is 15.4 Å². The van der Waals surface area contributed by atoms with Crippen LogP contribution in [0.2, 0.25) is 0 Å². The molecule has 0 fully saturated rings. The summed E-state index contributed by atoms with van der Waals surface area (Å²) in [6.07, 6.45) is 5.19. The van der Waals surface area contributed by atoms with Gasteiger partial charge < -0.3 is 20.1 Å². The third-order valence-corrected chi connectivity index (χ3v) is 3.72. The number of nitrogens with zero attached hydrogens (tertiary/aromatic N) is 1. The molecule has 6 nitrogen and oxygen atoms in total. The minimum Gasteiger partial charge on any atom is -0.497 e. The molecular formula is C20H29N3O3. The lowest BCUT2D eigenvalue weighted by Crippen LogP contribution is -2.27. The van der Waals surface area contributed by atoms with E-state index in [0.717, 1.165) is 37.2 Å². The summed E-state index contributed by atoms with van der Waals surface area (Å²) < 4.78 is 10.6. The van der Waals surface area contributed by atoms with Gasteiger partial charge in [-0.1, -0.05) is 25.5 Å². The number of hydrogen-bond acceptors (Lipinski definition) is 5. The lowest BCUT2D eigenvalue weighted by atomic mass is 10.1. The first-order chi connectivity index (χ1) is 12.7. The van der Waals surface area contributed by atoms with Gasteiger partial charge in [-0.05, 0) is 37.0 Å². The lowest BCUT2D eigenvalue weighted by molar-refractivity contribution is -0.117. The van der Waals surface area contributed by atoms with Gasteiger partial charge >= 0.3 is 0 Å². The molecule has 1 rings (SSSR count). The highest BCUT2D eigenvalue weighted by atomic mass is 16.5. The molecule has 0 saturated carbocycles. The largest absolute Gasteiger partial charge is 0.497 e. The highest BCUT2D eigenvalue weighted by Gasteiger charge is 2.07. The molecule has 0 heterocycles. The average molecular weight is 359 g/mol. The first-order valence-electron chi connectivity index (χ1n) is 9.03. The van der Waals surface area contributed by atoms with Crippen molar-refractivity contribution in [2.45, 2.75) is 32.6 Å². The Kier molecular flexibility index (Phi) is 11.4. The molecule has 0 aromatic heterocycles. The van der Waals surface area contributed by atoms with Crippen LogP contribution in [0.3, 0.4) is 0 Å². The zero-order valence-corrected chi connectivity index (χ0v) is 15.7. The van der Waals surface area contributed by atoms with E-state index in [0.29, 0.717) is 26.1 Å². The normalized spacial score (nSPS) is 10.9. The van der Waals surface area contributed by atoms with Gasteiger partial charge in [-0.2, -0.15) is 5.26 Å². The van der Waals surface area contributed by atoms with E-state index < -0.39 is 0 Å². The number of rotatable bonds is 13. The topological polar surface area (TPSA) is 83.4 Å². The number of nitriles is 1. The lowest BCUT2D eigenvalue weighted by Gasteiger charge is -2.06. The summed E-state index contributed by atoms with van der Waals surface area (Å²) in [5.41, 5.74) is 1.17. The van der Waals surface area contributed by atoms with Gasteiger partial charge in [-0.15, -0.1) is 0 Å². The number of benzene rings is 1. The van der Waals surface area contributed by atoms with E-state index in [1.165, 1.54) is 6.20 Å². The molecule has 1 aromatic rings. The second kappa shape index (κ2) is 13.7. The molecule has 0 saturated heterocycles. The van der Waals surface area contributed by atoms with Crippen LogP contribution in [-0.2, 0) is 16.0 Å². The molecule has 0 aliphatic rings. The molecule has 142 valence electrons. The highest BCUT2D eigenvalue weighted by molar-refractivity contribution is 5.97. The number of ether oxygens (including phenoxy) is 2. The van der Waals surface area contributed by atoms with Crippen molar-refractivity contribution in [1.29, 1.82) is 5.26 Å². The Morgan fingerprint density at radius 1 is 1.19 bits per heavy atom. The van der Waals surface area contributed by atoms with E-state index in [1.807, 2.05) is 30.3 Å². The molecule has 6 heteroatoms. The third kappa shape index (κ3) is 9.09. The minimum atomic E-state index is -0.368. The average Bonchev–Trinajstić information content (AvgIpc) is 2.67. The van der Waals surface area contributed by atoms with Crippen LogP contribution in [0.15, 0.2) is 36.0 Å². The first kappa shape index (κ1) is 21.5. The van der Waals surface area contributed by atoms with Crippen LogP contribution in [0.25, 0.3) is 0 Å². The van der Waals surface area contributed by atoms with Gasteiger partial charge in [-0.25, -0.2) is 0 Å². The maximum atomic E-state index is 12.0. The standard InChI is InChI=1S/C20H29N3O3/c1-3-4-13-26-14-5-11-22-16-18(15-21)20(24)23-12-10-17-6-8-19(25-2)9-7-17/h6-9,16,22H,3-5,10-14H2,1-2H3,(H,23,24)/b18-16-. The van der Waals surface area contributed by atoms with Crippen molar-refractivity contribution < 1.29 is 14.3 Å². The summed E-state index contributed by atoms with van der Waals surface area (Å²) >= 11 is 0. The Labute approximate surface area is 156 Å². The number of amides is 1. The molecule has 1 amide bonds. The molecule has 0 spiro atoms. The number of nitrogens with one attached hydrogen (secondary N) is 2. The van der Waals surface area contributed by atoms with E-state index in [2.05, 4.69) is 17.6 Å². The second-order valence-corrected chi connectivity index (χ2v) is 5.80. The maximum absolute atomic E-state index is 12.0. The molecule has 0 aliphatic carbocycles. The predicted octanol–water partition coefficient (Wildman–Crippen LogP) is 2.56. The van der Waals surface area contributed by atoms with E-state index in [9.17, 15) is 4.79 Å². The summed E-state index contributed by atoms with van der Waals surface area (Å²) in [5.74, 6) is 0.432. The van der Waals surface area contributed by atoms with Gasteiger partial charge in [0.1, 0.15) is 17.4 Å². The van der Waals surface area contributed by atoms with E-state index in [-0.39, 0.29) is 11.5 Å². The fourth-order valence-corrected chi connectivity index (χ4v) is 2.16. The van der Waals surface area contributed by atoms with Crippen LogP contribution in [-0.4, -0.2) is 39.3 Å². The predicted molar refractivity (Wildman–Crippen MR) is 102 cm³/mol. The molecule has 1 aromatic carbocycles. The Morgan fingerprint density at radius 2 is 1.92 bits per heavy atom. The molecule has 0 aliphatic heterocycles. The van der Waals surface area contributed by atoms with Crippen molar-refractivity contribution >= 4 is 5.91 Å². The van der Waals surface area contributed by atoms with Crippen molar-refractivity contribution in [2.75, 3.05) is 33.4 Å². The van der Waals surface area contributed by atoms with Crippen LogP contribution in [0.5, 0.6) is 5.75 Å². The van der Waals surface area contributed by atoms with Crippen molar-refractivity contribution in [3.63, 3.8) is 0 Å². The minimum absolute atomic E-state index is 0.0756. The number of carbonyl (C=O) groups excluding carboxylic acids is 1. The van der Waals surface area contributed by atoms with Crippen molar-refractivity contribution in [3.8, 4) is 11.8 Å². The van der Waals surface area contributed by atoms with Gasteiger partial charge in [0.05, 0.1) is 7.11 Å². The summed E-state index contributed by atoms with van der Waals surface area (Å²) in [7, 11) is 1.62. The van der Waals surface area contributed by atoms with Gasteiger partial charge in [-0.3, -0.25) is 4.79 Å². The summed E-state index contributed by atoms with van der Waals surface area (Å²) in [4.78, 5) is 12.0. The fourth-order valence-electron chi connectivity index (χ4n) is 2.16. The zero-order valence-electron chi connectivity index (χ0n) is 15.7. The smallest absolute Gasteiger partial charge is 0.263 e. The summed E-state index contributed by atoms with van der Waals surface area (Å²) in [5, 5.41) is 14.9. The molecule has 0 radical (unpaired) electrons. The number of hydrogen-bond donors (Lipinski definition) is 2. The van der Waals surface area contributed by atoms with Crippen molar-refractivity contribution in [2.24, 2.45) is 0 Å². The fraction of sp³-hybridized carbons (Fsp3) is 0.500. The molecule has 0 atom stereocenters. The molecule has 2 N–H and O–H groups in total. The second-order valence-electron chi connectivity index (χ2n) is 5.80. The molecule has 0 bridgehead atoms. The highest BCUT2D eigenvalue weighted by Crippen LogP contribution is 2.11. The SMILES string of the molecule is CCCCOCCCN/C=C(/C#N)C(=O)NCCc1ccc(OC)cc1. The zero-order chi connectivity index (χ0) is 19.0. The van der Waals surface area contributed by atoms with Crippen molar-refractivity contribution in [3.05, 3.63) is 41.6 Å². The van der Waals surface area contributed by atoms with Crippen LogP contribution in [0.4, 0.5) is 0 Å². The monoisotopic (exact) mass is 359 g/mol. The summed E-state index contributed by atoms with van der Waals surface area (Å²) in [6.45, 7) is 4.72. The van der Waals surface area contributed by atoms with Gasteiger partial charge in [0.2, 0.25) is 0 Å². The number of methoxy groups -OCH3 is 1. The Bertz CT molecular complexity index is 591. The Hall–Kier alpha value is -2.52. The van der Waals surface area contributed by atoms with E-state index in [1.54, 1.807) is 7.11 Å². The van der Waals surface area contributed by atoms with E-state index in [4.69, 9.17) is 14.7 Å². The number of unbranched alkanes of at least 4 members (excludes halogenated alkanes) is 1. The van der Waals surface area contributed by atoms with Crippen LogP contribution in [0, 0.1) is 11.3 Å². The Morgan fingerprint density at radius 3 is 2.58 bits per heavy atom. The molecule has 26 heavy (non-hydrogen) atoms. The van der Waals surface area contributed by atoms with Crippen LogP contribution >= 0.6 is 0 Å². The van der Waals surface area contributed by atoms with Gasteiger partial charge in [0, 0.05) is 32.5 Å². The molecular weight excluding hydrogens is 330 g/mol. The molecule has 0 unspecified atom stereocenters. The maximum Gasteiger partial charge on any atom is 0.263 e. The quantitative estimate of drug-likeness (QED) is 0.321. The van der Waals surface area contributed by atoms with Crippen LogP contribution in [0.1, 0.15) is 31.7 Å². The first-order valence-corrected chi connectivity index (χ1v) is 9.03. The van der Waals surface area contributed by atoms with Gasteiger partial charge in [0.25, 0.3) is 5.91 Å². The number of carbonyl (C=O) groups is 1. The third-order valence-electron chi connectivity index (χ3n) is 3.72. The van der Waals surface area contributed by atoms with E-state index >= 15 is 0 Å². The van der Waals surface area contributed by atoms with Gasteiger partial charge in [0.15, 0.2) is 0 Å². The summed E-state index contributed by atoms with van der Waals surface area (Å²) in [6, 6.07) is 9.60. The van der Waals surface area contributed by atoms with Crippen molar-refractivity contribution in [1.82, 2.24) is 10.6 Å². The Balaban J connectivity index is 2.24.